The summed E-state index contributed by atoms with van der Waals surface area (Å²) in [6.45, 7) is 10.3. The molecule has 2 rings (SSSR count). The Morgan fingerprint density at radius 2 is 1.95 bits per heavy atom. The summed E-state index contributed by atoms with van der Waals surface area (Å²) in [4.78, 5) is 15.7. The molecular formula is C14H26N2O2S. The number of carboxylic acid groups (broad SMARTS) is 1. The van der Waals surface area contributed by atoms with Crippen LogP contribution in [0.3, 0.4) is 0 Å². The van der Waals surface area contributed by atoms with Gasteiger partial charge in [0.15, 0.2) is 0 Å². The van der Waals surface area contributed by atoms with Crippen molar-refractivity contribution in [3.63, 3.8) is 0 Å². The molecule has 2 heterocycles. The Labute approximate surface area is 120 Å². The van der Waals surface area contributed by atoms with Gasteiger partial charge in [0.2, 0.25) is 0 Å². The van der Waals surface area contributed by atoms with Crippen molar-refractivity contribution in [2.45, 2.75) is 39.3 Å². The fraction of sp³-hybridized carbons (Fsp3) is 0.929. The third kappa shape index (κ3) is 3.86. The van der Waals surface area contributed by atoms with Crippen LogP contribution in [-0.4, -0.2) is 70.6 Å². The van der Waals surface area contributed by atoms with Crippen molar-refractivity contribution in [3.8, 4) is 0 Å². The molecule has 2 atom stereocenters. The van der Waals surface area contributed by atoms with Crippen molar-refractivity contribution < 1.29 is 9.90 Å². The standard InChI is InChI=1S/C14H26N2O2S/c1-11(13(17)18)15-4-6-16(7-5-15)12-8-14(2,3)10-19-9-12/h11-12H,4-10H2,1-3H3,(H,17,18). The van der Waals surface area contributed by atoms with Gasteiger partial charge in [-0.2, -0.15) is 11.8 Å². The van der Waals surface area contributed by atoms with Crippen LogP contribution < -0.4 is 0 Å². The maximum absolute atomic E-state index is 11.0. The van der Waals surface area contributed by atoms with E-state index in [-0.39, 0.29) is 6.04 Å². The minimum absolute atomic E-state index is 0.348. The molecule has 0 radical (unpaired) electrons. The molecule has 2 unspecified atom stereocenters. The number of rotatable bonds is 3. The first-order valence-electron chi connectivity index (χ1n) is 7.18. The molecule has 0 aliphatic carbocycles. The first kappa shape index (κ1) is 15.1. The largest absolute Gasteiger partial charge is 0.480 e. The van der Waals surface area contributed by atoms with Crippen molar-refractivity contribution in [3.05, 3.63) is 0 Å². The molecular weight excluding hydrogens is 260 g/mol. The van der Waals surface area contributed by atoms with Crippen LogP contribution in [-0.2, 0) is 4.79 Å². The third-order valence-corrected chi connectivity index (χ3v) is 5.97. The smallest absolute Gasteiger partial charge is 0.320 e. The molecule has 4 nitrogen and oxygen atoms in total. The number of aliphatic carboxylic acids is 1. The fourth-order valence-corrected chi connectivity index (χ4v) is 4.50. The number of thioether (sulfide) groups is 1. The van der Waals surface area contributed by atoms with Crippen LogP contribution >= 0.6 is 11.8 Å². The molecule has 0 amide bonds. The molecule has 2 aliphatic heterocycles. The normalized spacial score (nSPS) is 31.0. The molecule has 110 valence electrons. The Morgan fingerprint density at radius 3 is 2.47 bits per heavy atom. The van der Waals surface area contributed by atoms with E-state index < -0.39 is 5.97 Å². The number of nitrogens with zero attached hydrogens (tertiary/aromatic N) is 2. The highest BCUT2D eigenvalue weighted by atomic mass is 32.2. The molecule has 5 heteroatoms. The second-order valence-electron chi connectivity index (χ2n) is 6.62. The molecule has 0 saturated carbocycles. The minimum atomic E-state index is -0.706. The zero-order valence-corrected chi connectivity index (χ0v) is 13.1. The number of hydrogen-bond acceptors (Lipinski definition) is 4. The van der Waals surface area contributed by atoms with Gasteiger partial charge >= 0.3 is 5.97 Å². The summed E-state index contributed by atoms with van der Waals surface area (Å²) in [6, 6.07) is 0.329. The van der Waals surface area contributed by atoms with Gasteiger partial charge in [-0.1, -0.05) is 13.8 Å². The van der Waals surface area contributed by atoms with Crippen LogP contribution in [0.25, 0.3) is 0 Å². The van der Waals surface area contributed by atoms with Crippen molar-refractivity contribution in [1.82, 2.24) is 9.80 Å². The third-order valence-electron chi connectivity index (χ3n) is 4.36. The number of hydrogen-bond donors (Lipinski definition) is 1. The Kier molecular flexibility index (Phi) is 4.79. The van der Waals surface area contributed by atoms with Gasteiger partial charge in [-0.3, -0.25) is 14.6 Å². The van der Waals surface area contributed by atoms with Gasteiger partial charge in [-0.25, -0.2) is 0 Å². The van der Waals surface area contributed by atoms with Crippen LogP contribution in [0.2, 0.25) is 0 Å². The molecule has 2 saturated heterocycles. The summed E-state index contributed by atoms with van der Waals surface area (Å²) < 4.78 is 0. The topological polar surface area (TPSA) is 43.8 Å². The lowest BCUT2D eigenvalue weighted by Gasteiger charge is -2.45. The summed E-state index contributed by atoms with van der Waals surface area (Å²) in [7, 11) is 0. The van der Waals surface area contributed by atoms with Crippen LogP contribution in [0.5, 0.6) is 0 Å². The molecule has 0 spiro atoms. The molecule has 2 aliphatic rings. The predicted octanol–water partition coefficient (Wildman–Crippen LogP) is 1.61. The Hall–Kier alpha value is -0.260. The second kappa shape index (κ2) is 6.02. The number of piperazine rings is 1. The highest BCUT2D eigenvalue weighted by Gasteiger charge is 2.34. The average Bonchev–Trinajstić information content (AvgIpc) is 2.37. The molecule has 1 N–H and O–H groups in total. The van der Waals surface area contributed by atoms with Gasteiger partial charge in [-0.05, 0) is 24.5 Å². The van der Waals surface area contributed by atoms with Gasteiger partial charge in [0, 0.05) is 38.0 Å². The quantitative estimate of drug-likeness (QED) is 0.854. The highest BCUT2D eigenvalue weighted by Crippen LogP contribution is 2.35. The first-order valence-corrected chi connectivity index (χ1v) is 8.33. The lowest BCUT2D eigenvalue weighted by atomic mass is 9.87. The maximum atomic E-state index is 11.0. The zero-order chi connectivity index (χ0) is 14.0. The van der Waals surface area contributed by atoms with Crippen molar-refractivity contribution in [1.29, 1.82) is 0 Å². The molecule has 19 heavy (non-hydrogen) atoms. The number of carbonyl (C=O) groups is 1. The summed E-state index contributed by atoms with van der Waals surface area (Å²) in [5, 5.41) is 9.06. The Morgan fingerprint density at radius 1 is 1.32 bits per heavy atom. The minimum Gasteiger partial charge on any atom is -0.480 e. The van der Waals surface area contributed by atoms with Crippen LogP contribution in [0.1, 0.15) is 27.2 Å². The lowest BCUT2D eigenvalue weighted by molar-refractivity contribution is -0.143. The van der Waals surface area contributed by atoms with E-state index >= 15 is 0 Å². The van der Waals surface area contributed by atoms with E-state index in [0.29, 0.717) is 11.5 Å². The van der Waals surface area contributed by atoms with Crippen LogP contribution in [0.15, 0.2) is 0 Å². The molecule has 0 aromatic rings. The van der Waals surface area contributed by atoms with Crippen LogP contribution in [0.4, 0.5) is 0 Å². The fourth-order valence-electron chi connectivity index (χ4n) is 3.11. The van der Waals surface area contributed by atoms with E-state index in [4.69, 9.17) is 5.11 Å². The van der Waals surface area contributed by atoms with Crippen molar-refractivity contribution >= 4 is 17.7 Å². The summed E-state index contributed by atoms with van der Waals surface area (Å²) in [6.07, 6.45) is 1.27. The Balaban J connectivity index is 1.84. The molecule has 0 bridgehead atoms. The SMILES string of the molecule is CC(C(=O)O)N1CCN(C2CSCC(C)(C)C2)CC1. The van der Waals surface area contributed by atoms with Gasteiger partial charge < -0.3 is 5.11 Å². The zero-order valence-electron chi connectivity index (χ0n) is 12.3. The molecule has 2 fully saturated rings. The van der Waals surface area contributed by atoms with Gasteiger partial charge in [0.05, 0.1) is 0 Å². The maximum Gasteiger partial charge on any atom is 0.320 e. The van der Waals surface area contributed by atoms with E-state index in [9.17, 15) is 4.79 Å². The summed E-state index contributed by atoms with van der Waals surface area (Å²) in [5.74, 6) is 1.79. The van der Waals surface area contributed by atoms with E-state index in [0.717, 1.165) is 26.2 Å². The summed E-state index contributed by atoms with van der Waals surface area (Å²) >= 11 is 2.07. The lowest BCUT2D eigenvalue weighted by Crippen LogP contribution is -2.56. The Bertz CT molecular complexity index is 327. The highest BCUT2D eigenvalue weighted by molar-refractivity contribution is 7.99. The van der Waals surface area contributed by atoms with Gasteiger partial charge in [0.1, 0.15) is 6.04 Å². The second-order valence-corrected chi connectivity index (χ2v) is 7.65. The first-order chi connectivity index (χ1) is 8.89. The van der Waals surface area contributed by atoms with Gasteiger partial charge in [0.25, 0.3) is 0 Å². The van der Waals surface area contributed by atoms with Crippen molar-refractivity contribution in [2.24, 2.45) is 5.41 Å². The predicted molar refractivity (Wildman–Crippen MR) is 79.8 cm³/mol. The van der Waals surface area contributed by atoms with E-state index in [2.05, 4.69) is 35.4 Å². The average molecular weight is 286 g/mol. The molecule has 0 aromatic heterocycles. The number of carboxylic acids is 1. The van der Waals surface area contributed by atoms with Crippen molar-refractivity contribution in [2.75, 3.05) is 37.7 Å². The van der Waals surface area contributed by atoms with E-state index in [1.807, 2.05) is 0 Å². The van der Waals surface area contributed by atoms with E-state index in [1.54, 1.807) is 6.92 Å². The molecule has 0 aromatic carbocycles. The summed E-state index contributed by atoms with van der Waals surface area (Å²) in [5.41, 5.74) is 0.444. The van der Waals surface area contributed by atoms with Crippen LogP contribution in [0, 0.1) is 5.41 Å². The van der Waals surface area contributed by atoms with Gasteiger partial charge in [-0.15, -0.1) is 0 Å². The monoisotopic (exact) mass is 286 g/mol. The van der Waals surface area contributed by atoms with E-state index in [1.165, 1.54) is 17.9 Å².